The lowest BCUT2D eigenvalue weighted by Crippen LogP contribution is -2.45. The summed E-state index contributed by atoms with van der Waals surface area (Å²) >= 11 is 0. The molecule has 1 rings (SSSR count). The van der Waals surface area contributed by atoms with Crippen molar-refractivity contribution in [1.82, 2.24) is 5.32 Å². The molecule has 0 heterocycles. The molecule has 1 aliphatic carbocycles. The SMILES string of the molecule is CC(C)(C)OC(=O)NC1(C=O)CC1(F)F. The average Bonchev–Trinajstić information content (AvgIpc) is 2.49. The number of rotatable bonds is 2. The maximum absolute atomic E-state index is 12.7. The maximum Gasteiger partial charge on any atom is 0.408 e. The van der Waals surface area contributed by atoms with E-state index >= 15 is 0 Å². The van der Waals surface area contributed by atoms with Gasteiger partial charge in [0.15, 0.2) is 11.8 Å². The lowest BCUT2D eigenvalue weighted by atomic mass is 10.2. The molecule has 1 fully saturated rings. The molecule has 1 amide bonds. The lowest BCUT2D eigenvalue weighted by Gasteiger charge is -2.21. The number of carbonyl (C=O) groups is 2. The monoisotopic (exact) mass is 221 g/mol. The average molecular weight is 221 g/mol. The fraction of sp³-hybridized carbons (Fsp3) is 0.778. The fourth-order valence-electron chi connectivity index (χ4n) is 1.08. The molecule has 0 aromatic rings. The molecule has 0 aromatic carbocycles. The Morgan fingerprint density at radius 1 is 1.47 bits per heavy atom. The van der Waals surface area contributed by atoms with Crippen LogP contribution in [-0.2, 0) is 9.53 Å². The topological polar surface area (TPSA) is 55.4 Å². The van der Waals surface area contributed by atoms with E-state index in [9.17, 15) is 18.4 Å². The summed E-state index contributed by atoms with van der Waals surface area (Å²) in [6.07, 6.45) is -1.62. The van der Waals surface area contributed by atoms with Crippen molar-refractivity contribution in [1.29, 1.82) is 0 Å². The van der Waals surface area contributed by atoms with Gasteiger partial charge in [-0.15, -0.1) is 0 Å². The fourth-order valence-corrected chi connectivity index (χ4v) is 1.08. The van der Waals surface area contributed by atoms with Crippen LogP contribution in [-0.4, -0.2) is 29.4 Å². The van der Waals surface area contributed by atoms with Crippen molar-refractivity contribution in [2.75, 3.05) is 0 Å². The van der Waals surface area contributed by atoms with Crippen LogP contribution >= 0.6 is 0 Å². The summed E-state index contributed by atoms with van der Waals surface area (Å²) in [6.45, 7) is 4.81. The highest BCUT2D eigenvalue weighted by Gasteiger charge is 2.73. The van der Waals surface area contributed by atoms with Gasteiger partial charge in [0.05, 0.1) is 6.42 Å². The van der Waals surface area contributed by atoms with Gasteiger partial charge >= 0.3 is 6.09 Å². The number of nitrogens with one attached hydrogen (secondary N) is 1. The van der Waals surface area contributed by atoms with Crippen LogP contribution in [0.15, 0.2) is 0 Å². The highest BCUT2D eigenvalue weighted by Crippen LogP contribution is 2.51. The van der Waals surface area contributed by atoms with Crippen molar-refractivity contribution in [3.8, 4) is 0 Å². The number of alkyl carbamates (subject to hydrolysis) is 1. The maximum atomic E-state index is 12.7. The summed E-state index contributed by atoms with van der Waals surface area (Å²) in [5, 5.41) is 1.88. The molecule has 15 heavy (non-hydrogen) atoms. The van der Waals surface area contributed by atoms with Gasteiger partial charge in [-0.05, 0) is 20.8 Å². The summed E-state index contributed by atoms with van der Waals surface area (Å²) < 4.78 is 30.3. The number of halogens is 2. The Labute approximate surface area is 86.0 Å². The van der Waals surface area contributed by atoms with Crippen LogP contribution in [0, 0.1) is 0 Å². The van der Waals surface area contributed by atoms with Crippen molar-refractivity contribution in [2.45, 2.75) is 44.3 Å². The minimum atomic E-state index is -3.16. The van der Waals surface area contributed by atoms with Crippen LogP contribution in [0.1, 0.15) is 27.2 Å². The Hall–Kier alpha value is -1.20. The van der Waals surface area contributed by atoms with Crippen LogP contribution in [0.5, 0.6) is 0 Å². The largest absolute Gasteiger partial charge is 0.444 e. The Balaban J connectivity index is 2.57. The second kappa shape index (κ2) is 3.15. The third-order valence-corrected chi connectivity index (χ3v) is 1.95. The second-order valence-corrected chi connectivity index (χ2v) is 4.60. The van der Waals surface area contributed by atoms with Gasteiger partial charge < -0.3 is 14.8 Å². The Morgan fingerprint density at radius 2 is 1.93 bits per heavy atom. The minimum absolute atomic E-state index is 0.0525. The van der Waals surface area contributed by atoms with Gasteiger partial charge in [0, 0.05) is 0 Å². The van der Waals surface area contributed by atoms with Crippen LogP contribution in [0.2, 0.25) is 0 Å². The quantitative estimate of drug-likeness (QED) is 0.719. The molecule has 1 atom stereocenters. The highest BCUT2D eigenvalue weighted by molar-refractivity contribution is 5.81. The molecule has 86 valence electrons. The molecule has 1 unspecified atom stereocenters. The summed E-state index contributed by atoms with van der Waals surface area (Å²) in [5.41, 5.74) is -2.84. The molecule has 0 aliphatic heterocycles. The van der Waals surface area contributed by atoms with Gasteiger partial charge in [-0.1, -0.05) is 0 Å². The van der Waals surface area contributed by atoms with Crippen molar-refractivity contribution in [3.63, 3.8) is 0 Å². The van der Waals surface area contributed by atoms with Crippen LogP contribution in [0.25, 0.3) is 0 Å². The van der Waals surface area contributed by atoms with Gasteiger partial charge in [-0.25, -0.2) is 13.6 Å². The molecule has 1 aliphatic rings. The molecule has 0 aromatic heterocycles. The smallest absolute Gasteiger partial charge is 0.408 e. The number of hydrogen-bond acceptors (Lipinski definition) is 3. The summed E-state index contributed by atoms with van der Waals surface area (Å²) in [4.78, 5) is 21.6. The van der Waals surface area contributed by atoms with Crippen molar-refractivity contribution in [2.24, 2.45) is 0 Å². The number of aldehydes is 1. The van der Waals surface area contributed by atoms with E-state index in [1.807, 2.05) is 5.32 Å². The molecule has 1 saturated carbocycles. The van der Waals surface area contributed by atoms with Gasteiger partial charge in [-0.2, -0.15) is 0 Å². The van der Waals surface area contributed by atoms with Crippen molar-refractivity contribution >= 4 is 12.4 Å². The van der Waals surface area contributed by atoms with E-state index in [4.69, 9.17) is 4.74 Å². The standard InChI is InChI=1S/C9H13F2NO3/c1-7(2,3)15-6(14)12-8(5-13)4-9(8,10)11/h5H,4H2,1-3H3,(H,12,14). The Morgan fingerprint density at radius 3 is 2.20 bits per heavy atom. The van der Waals surface area contributed by atoms with Gasteiger partial charge in [0.1, 0.15) is 5.60 Å². The second-order valence-electron chi connectivity index (χ2n) is 4.60. The van der Waals surface area contributed by atoms with E-state index in [0.717, 1.165) is 0 Å². The normalized spacial score (nSPS) is 28.1. The summed E-state index contributed by atoms with van der Waals surface area (Å²) in [6, 6.07) is 0. The first-order valence-electron chi connectivity index (χ1n) is 4.47. The van der Waals surface area contributed by atoms with Crippen LogP contribution in [0.4, 0.5) is 13.6 Å². The molecule has 0 spiro atoms. The van der Waals surface area contributed by atoms with E-state index in [1.165, 1.54) is 0 Å². The predicted molar refractivity (Wildman–Crippen MR) is 47.7 cm³/mol. The number of alkyl halides is 2. The van der Waals surface area contributed by atoms with Gasteiger partial charge in [-0.3, -0.25) is 0 Å². The molecule has 6 heteroatoms. The first kappa shape index (κ1) is 11.9. The summed E-state index contributed by atoms with van der Waals surface area (Å²) in [7, 11) is 0. The zero-order chi connectivity index (χ0) is 11.9. The van der Waals surface area contributed by atoms with Crippen LogP contribution < -0.4 is 5.32 Å². The number of carbonyl (C=O) groups excluding carboxylic acids is 2. The predicted octanol–water partition coefficient (Wildman–Crippen LogP) is 1.49. The van der Waals surface area contributed by atoms with Crippen molar-refractivity contribution in [3.05, 3.63) is 0 Å². The van der Waals surface area contributed by atoms with Crippen molar-refractivity contribution < 1.29 is 23.1 Å². The third-order valence-electron chi connectivity index (χ3n) is 1.95. The Kier molecular flexibility index (Phi) is 2.49. The zero-order valence-corrected chi connectivity index (χ0v) is 8.77. The first-order valence-corrected chi connectivity index (χ1v) is 4.47. The Bertz CT molecular complexity index is 298. The summed E-state index contributed by atoms with van der Waals surface area (Å²) in [5.74, 6) is -3.16. The number of amides is 1. The van der Waals surface area contributed by atoms with Crippen LogP contribution in [0.3, 0.4) is 0 Å². The molecular formula is C9H13F2NO3. The molecule has 0 radical (unpaired) electrons. The lowest BCUT2D eigenvalue weighted by molar-refractivity contribution is -0.113. The molecule has 0 bridgehead atoms. The highest BCUT2D eigenvalue weighted by atomic mass is 19.3. The zero-order valence-electron chi connectivity index (χ0n) is 8.77. The van der Waals surface area contributed by atoms with E-state index in [-0.39, 0.29) is 6.29 Å². The van der Waals surface area contributed by atoms with E-state index < -0.39 is 29.6 Å². The third kappa shape index (κ3) is 2.43. The molecule has 1 N–H and O–H groups in total. The van der Waals surface area contributed by atoms with E-state index in [1.54, 1.807) is 20.8 Å². The van der Waals surface area contributed by atoms with E-state index in [0.29, 0.717) is 0 Å². The molecule has 0 saturated heterocycles. The molecular weight excluding hydrogens is 208 g/mol. The van der Waals surface area contributed by atoms with Gasteiger partial charge in [0.2, 0.25) is 0 Å². The van der Waals surface area contributed by atoms with Gasteiger partial charge in [0.25, 0.3) is 5.92 Å². The number of hydrogen-bond donors (Lipinski definition) is 1. The van der Waals surface area contributed by atoms with E-state index in [2.05, 4.69) is 0 Å². The minimum Gasteiger partial charge on any atom is -0.444 e. The molecule has 4 nitrogen and oxygen atoms in total. The number of ether oxygens (including phenoxy) is 1. The first-order chi connectivity index (χ1) is 6.62.